The van der Waals surface area contributed by atoms with Gasteiger partial charge in [0.2, 0.25) is 5.91 Å². The number of nitrogens with zero attached hydrogens (tertiary/aromatic N) is 1. The van der Waals surface area contributed by atoms with E-state index >= 15 is 0 Å². The summed E-state index contributed by atoms with van der Waals surface area (Å²) in [7, 11) is 1.65. The van der Waals surface area contributed by atoms with Crippen molar-refractivity contribution >= 4 is 34.8 Å². The fourth-order valence-corrected chi connectivity index (χ4v) is 3.36. The second kappa shape index (κ2) is 8.30. The third kappa shape index (κ3) is 4.70. The van der Waals surface area contributed by atoms with Gasteiger partial charge in [-0.2, -0.15) is 0 Å². The molecule has 26 heavy (non-hydrogen) atoms. The summed E-state index contributed by atoms with van der Waals surface area (Å²) in [6, 6.07) is 13.2. The van der Waals surface area contributed by atoms with Gasteiger partial charge in [-0.05, 0) is 55.7 Å². The molecule has 1 amide bonds. The normalized spacial score (nSPS) is 15.0. The number of halogens is 2. The summed E-state index contributed by atoms with van der Waals surface area (Å²) in [5.41, 5.74) is 1.73. The van der Waals surface area contributed by atoms with Crippen LogP contribution in [0.5, 0.6) is 5.75 Å². The van der Waals surface area contributed by atoms with E-state index in [2.05, 4.69) is 10.2 Å². The van der Waals surface area contributed by atoms with Gasteiger partial charge in [0.05, 0.1) is 23.9 Å². The highest BCUT2D eigenvalue weighted by molar-refractivity contribution is 6.36. The molecule has 0 spiro atoms. The molecule has 0 unspecified atom stereocenters. The second-order valence-corrected chi connectivity index (χ2v) is 7.38. The third-order valence-electron chi connectivity index (χ3n) is 4.61. The van der Waals surface area contributed by atoms with E-state index in [9.17, 15) is 4.79 Å². The lowest BCUT2D eigenvalue weighted by molar-refractivity contribution is -0.121. The molecule has 0 aromatic heterocycles. The van der Waals surface area contributed by atoms with E-state index in [0.717, 1.165) is 30.7 Å². The van der Waals surface area contributed by atoms with Crippen molar-refractivity contribution in [1.82, 2.24) is 4.90 Å². The van der Waals surface area contributed by atoms with Crippen LogP contribution in [0, 0.1) is 0 Å². The van der Waals surface area contributed by atoms with Gasteiger partial charge in [-0.25, -0.2) is 0 Å². The SMILES string of the molecule is COc1ccc(CN(C2CC2)[C@H](C)C(=O)Nc2ccc(Cl)cc2Cl)cc1. The topological polar surface area (TPSA) is 41.6 Å². The van der Waals surface area contributed by atoms with Crippen molar-refractivity contribution in [3.05, 3.63) is 58.1 Å². The Bertz CT molecular complexity index is 776. The van der Waals surface area contributed by atoms with Crippen LogP contribution >= 0.6 is 23.2 Å². The molecular weight excluding hydrogens is 371 g/mol. The predicted octanol–water partition coefficient (Wildman–Crippen LogP) is 4.99. The minimum absolute atomic E-state index is 0.0744. The predicted molar refractivity (Wildman–Crippen MR) is 106 cm³/mol. The zero-order chi connectivity index (χ0) is 18.7. The van der Waals surface area contributed by atoms with Gasteiger partial charge in [-0.3, -0.25) is 9.69 Å². The number of ether oxygens (including phenoxy) is 1. The molecule has 138 valence electrons. The number of anilines is 1. The average molecular weight is 393 g/mol. The van der Waals surface area contributed by atoms with Crippen molar-refractivity contribution in [2.24, 2.45) is 0 Å². The number of carbonyl (C=O) groups is 1. The zero-order valence-corrected chi connectivity index (χ0v) is 16.3. The van der Waals surface area contributed by atoms with Crippen LogP contribution in [-0.2, 0) is 11.3 Å². The minimum atomic E-state index is -0.267. The van der Waals surface area contributed by atoms with E-state index in [4.69, 9.17) is 27.9 Å². The number of carbonyl (C=O) groups excluding carboxylic acids is 1. The molecule has 1 N–H and O–H groups in total. The van der Waals surface area contributed by atoms with Crippen molar-refractivity contribution in [3.8, 4) is 5.75 Å². The Morgan fingerprint density at radius 3 is 2.50 bits per heavy atom. The van der Waals surface area contributed by atoms with Crippen LogP contribution in [0.3, 0.4) is 0 Å². The molecule has 2 aromatic rings. The maximum absolute atomic E-state index is 12.7. The van der Waals surface area contributed by atoms with Crippen molar-refractivity contribution in [1.29, 1.82) is 0 Å². The molecule has 4 nitrogen and oxygen atoms in total. The molecule has 0 saturated heterocycles. The Balaban J connectivity index is 1.69. The number of hydrogen-bond donors (Lipinski definition) is 1. The number of benzene rings is 2. The molecule has 0 aliphatic heterocycles. The highest BCUT2D eigenvalue weighted by atomic mass is 35.5. The molecule has 1 aliphatic rings. The summed E-state index contributed by atoms with van der Waals surface area (Å²) in [5, 5.41) is 3.89. The van der Waals surface area contributed by atoms with Gasteiger partial charge >= 0.3 is 0 Å². The molecule has 2 aromatic carbocycles. The number of amides is 1. The Morgan fingerprint density at radius 2 is 1.92 bits per heavy atom. The lowest BCUT2D eigenvalue weighted by Gasteiger charge is -2.28. The Labute approximate surface area is 164 Å². The van der Waals surface area contributed by atoms with E-state index in [-0.39, 0.29) is 11.9 Å². The number of nitrogens with one attached hydrogen (secondary N) is 1. The number of methoxy groups -OCH3 is 1. The number of hydrogen-bond acceptors (Lipinski definition) is 3. The van der Waals surface area contributed by atoms with Gasteiger partial charge in [0, 0.05) is 17.6 Å². The molecule has 1 atom stereocenters. The molecule has 0 bridgehead atoms. The van der Waals surface area contributed by atoms with Crippen LogP contribution in [0.15, 0.2) is 42.5 Å². The largest absolute Gasteiger partial charge is 0.497 e. The average Bonchev–Trinajstić information content (AvgIpc) is 3.47. The molecule has 3 rings (SSSR count). The fourth-order valence-electron chi connectivity index (χ4n) is 2.91. The summed E-state index contributed by atoms with van der Waals surface area (Å²) >= 11 is 12.1. The van der Waals surface area contributed by atoms with Crippen molar-refractivity contribution in [3.63, 3.8) is 0 Å². The van der Waals surface area contributed by atoms with E-state index in [1.165, 1.54) is 0 Å². The standard InChI is InChI=1S/C20H22Cl2N2O2/c1-13(20(25)23-19-10-5-15(21)11-18(19)22)24(16-6-7-16)12-14-3-8-17(26-2)9-4-14/h3-5,8-11,13,16H,6-7,12H2,1-2H3,(H,23,25)/t13-/m1/s1. The first-order chi connectivity index (χ1) is 12.5. The van der Waals surface area contributed by atoms with Gasteiger partial charge in [0.15, 0.2) is 0 Å². The van der Waals surface area contributed by atoms with Crippen LogP contribution in [0.25, 0.3) is 0 Å². The van der Waals surface area contributed by atoms with Crippen LogP contribution in [0.2, 0.25) is 10.0 Å². The van der Waals surface area contributed by atoms with Crippen molar-refractivity contribution in [2.45, 2.75) is 38.4 Å². The first-order valence-electron chi connectivity index (χ1n) is 8.62. The van der Waals surface area contributed by atoms with Gasteiger partial charge in [-0.1, -0.05) is 35.3 Å². The van der Waals surface area contributed by atoms with Crippen molar-refractivity contribution in [2.75, 3.05) is 12.4 Å². The van der Waals surface area contributed by atoms with E-state index in [1.54, 1.807) is 25.3 Å². The Hall–Kier alpha value is -1.75. The Morgan fingerprint density at radius 1 is 1.23 bits per heavy atom. The third-order valence-corrected chi connectivity index (χ3v) is 5.15. The van der Waals surface area contributed by atoms with Gasteiger partial charge in [0.25, 0.3) is 0 Å². The van der Waals surface area contributed by atoms with E-state index < -0.39 is 0 Å². The molecule has 6 heteroatoms. The van der Waals surface area contributed by atoms with Gasteiger partial charge in [0.1, 0.15) is 5.75 Å². The zero-order valence-electron chi connectivity index (χ0n) is 14.8. The fraction of sp³-hybridized carbons (Fsp3) is 0.350. The van der Waals surface area contributed by atoms with Crippen LogP contribution in [0.4, 0.5) is 5.69 Å². The summed E-state index contributed by atoms with van der Waals surface area (Å²) in [5.74, 6) is 0.754. The maximum atomic E-state index is 12.7. The van der Waals surface area contributed by atoms with Crippen LogP contribution < -0.4 is 10.1 Å². The first-order valence-corrected chi connectivity index (χ1v) is 9.38. The summed E-state index contributed by atoms with van der Waals surface area (Å²) in [6.07, 6.45) is 2.24. The molecule has 1 fully saturated rings. The smallest absolute Gasteiger partial charge is 0.241 e. The first kappa shape index (κ1) is 19.0. The van der Waals surface area contributed by atoms with Crippen LogP contribution in [-0.4, -0.2) is 30.0 Å². The molecule has 1 saturated carbocycles. The van der Waals surface area contributed by atoms with Gasteiger partial charge < -0.3 is 10.1 Å². The van der Waals surface area contributed by atoms with Gasteiger partial charge in [-0.15, -0.1) is 0 Å². The lowest BCUT2D eigenvalue weighted by Crippen LogP contribution is -2.43. The van der Waals surface area contributed by atoms with E-state index in [1.807, 2.05) is 31.2 Å². The quantitative estimate of drug-likeness (QED) is 0.720. The van der Waals surface area contributed by atoms with Crippen molar-refractivity contribution < 1.29 is 9.53 Å². The number of rotatable bonds is 7. The second-order valence-electron chi connectivity index (χ2n) is 6.54. The highest BCUT2D eigenvalue weighted by Gasteiger charge is 2.35. The maximum Gasteiger partial charge on any atom is 0.241 e. The lowest BCUT2D eigenvalue weighted by atomic mass is 10.1. The molecule has 0 heterocycles. The summed E-state index contributed by atoms with van der Waals surface area (Å²) < 4.78 is 5.21. The van der Waals surface area contributed by atoms with E-state index in [0.29, 0.717) is 21.8 Å². The molecule has 1 aliphatic carbocycles. The summed E-state index contributed by atoms with van der Waals surface area (Å²) in [6.45, 7) is 2.65. The molecular formula is C20H22Cl2N2O2. The molecule has 0 radical (unpaired) electrons. The summed E-state index contributed by atoms with van der Waals surface area (Å²) in [4.78, 5) is 15.0. The Kier molecular flexibility index (Phi) is 6.07. The van der Waals surface area contributed by atoms with Crippen LogP contribution in [0.1, 0.15) is 25.3 Å². The highest BCUT2D eigenvalue weighted by Crippen LogP contribution is 2.31. The monoisotopic (exact) mass is 392 g/mol. The minimum Gasteiger partial charge on any atom is -0.497 e.